The Morgan fingerprint density at radius 1 is 1.00 bits per heavy atom. The second-order valence-electron chi connectivity index (χ2n) is 3.19. The quantitative estimate of drug-likeness (QED) is 0.514. The average Bonchev–Trinajstić information content (AvgIpc) is 1.58. The predicted molar refractivity (Wildman–Crippen MR) is 30.7 cm³/mol. The zero-order chi connectivity index (χ0) is 9.50. The second-order valence-corrected chi connectivity index (χ2v) is 7.85. The van der Waals surface area contributed by atoms with Crippen molar-refractivity contribution in [2.24, 2.45) is 0 Å². The van der Waals surface area contributed by atoms with E-state index in [0.29, 0.717) is 0 Å². The van der Waals surface area contributed by atoms with Gasteiger partial charge >= 0.3 is 68.1 Å². The molecule has 0 saturated heterocycles. The van der Waals surface area contributed by atoms with Gasteiger partial charge in [-0.25, -0.2) is 0 Å². The predicted octanol–water partition coefficient (Wildman–Crippen LogP) is -0.846. The Balaban J connectivity index is 4.92. The molecule has 0 atom stereocenters. The summed E-state index contributed by atoms with van der Waals surface area (Å²) in [5.41, 5.74) is 0. The molecule has 0 aliphatic heterocycles. The monoisotopic (exact) mass is 206 g/mol. The van der Waals surface area contributed by atoms with Crippen LogP contribution in [0.2, 0.25) is 0 Å². The molecule has 0 aromatic rings. The molecule has 0 saturated carbocycles. The minimum absolute atomic E-state index is 1.10. The molecule has 0 radical (unpaired) electrons. The van der Waals surface area contributed by atoms with Crippen LogP contribution in [0.5, 0.6) is 0 Å². The number of nitrogens with zero attached hydrogens (tertiary/aromatic N) is 2. The topological polar surface area (TPSA) is 77.8 Å². The van der Waals surface area contributed by atoms with Crippen molar-refractivity contribution in [2.45, 2.75) is 0 Å². The SMILES string of the molecule is C[N+](C)(O)[V](=[O])([OH])[N+](C)(C)O. The van der Waals surface area contributed by atoms with Gasteiger partial charge in [-0.15, -0.1) is 0 Å². The van der Waals surface area contributed by atoms with E-state index in [0.717, 1.165) is 28.2 Å². The second kappa shape index (κ2) is 2.60. The molecule has 0 aromatic heterocycles. The number of quaternary nitrogens is 2. The molecule has 11 heavy (non-hydrogen) atoms. The van der Waals surface area contributed by atoms with Gasteiger partial charge in [0.2, 0.25) is 0 Å². The summed E-state index contributed by atoms with van der Waals surface area (Å²) >= 11 is -4.72. The van der Waals surface area contributed by atoms with E-state index in [1.807, 2.05) is 0 Å². The zero-order valence-electron chi connectivity index (χ0n) is 7.09. The normalized spacial score (nSPS) is 15.2. The Kier molecular flexibility index (Phi) is 2.64. The van der Waals surface area contributed by atoms with Crippen LogP contribution in [0.4, 0.5) is 0 Å². The first-order valence-corrected chi connectivity index (χ1v) is 5.42. The van der Waals surface area contributed by atoms with Crippen LogP contribution in [0.15, 0.2) is 0 Å². The maximum absolute atomic E-state index is 11.3. The molecule has 0 fully saturated rings. The standard InChI is InChI=1S/2C2H7NO.H2O.O.V/c2*1-3(2)4;;;/h2*4H,1-2H3;1H2;;/q;;;;+3/p-1. The summed E-state index contributed by atoms with van der Waals surface area (Å²) in [6, 6.07) is 0. The summed E-state index contributed by atoms with van der Waals surface area (Å²) in [7, 11) is 4.60. The fourth-order valence-corrected chi connectivity index (χ4v) is 2.21. The fourth-order valence-electron chi connectivity index (χ4n) is 0.536. The van der Waals surface area contributed by atoms with Crippen LogP contribution < -0.4 is 0 Å². The Morgan fingerprint density at radius 2 is 1.18 bits per heavy atom. The first-order valence-electron chi connectivity index (χ1n) is 2.97. The minimum atomic E-state index is -4.72. The Bertz CT molecular complexity index is 173. The Hall–Kier alpha value is 0.184. The number of hydroxylamine groups is 4. The van der Waals surface area contributed by atoms with E-state index in [4.69, 9.17) is 10.4 Å². The van der Waals surface area contributed by atoms with Crippen molar-refractivity contribution in [3.8, 4) is 0 Å². The van der Waals surface area contributed by atoms with Crippen LogP contribution in [0, 0.1) is 0 Å². The molecule has 6 nitrogen and oxygen atoms in total. The van der Waals surface area contributed by atoms with Gasteiger partial charge < -0.3 is 0 Å². The van der Waals surface area contributed by atoms with E-state index < -0.39 is 21.8 Å². The van der Waals surface area contributed by atoms with Crippen LogP contribution in [0.3, 0.4) is 0 Å². The van der Waals surface area contributed by atoms with Crippen LogP contribution in [0.1, 0.15) is 0 Å². The molecule has 0 heterocycles. The number of rotatable bonds is 2. The van der Waals surface area contributed by atoms with E-state index >= 15 is 0 Å². The van der Waals surface area contributed by atoms with Gasteiger partial charge in [-0.1, -0.05) is 0 Å². The maximum atomic E-state index is 11.3. The van der Waals surface area contributed by atoms with Gasteiger partial charge in [0, 0.05) is 0 Å². The molecule has 0 unspecified atom stereocenters. The molecule has 0 spiro atoms. The van der Waals surface area contributed by atoms with Gasteiger partial charge in [-0.3, -0.25) is 0 Å². The summed E-state index contributed by atoms with van der Waals surface area (Å²) in [5, 5.41) is 18.3. The van der Waals surface area contributed by atoms with E-state index in [-0.39, 0.29) is 0 Å². The molecule has 0 aliphatic rings. The summed E-state index contributed by atoms with van der Waals surface area (Å²) < 4.78 is 18.4. The van der Waals surface area contributed by atoms with Crippen molar-refractivity contribution in [2.75, 3.05) is 28.2 Å². The summed E-state index contributed by atoms with van der Waals surface area (Å²) in [6.07, 6.45) is 0. The van der Waals surface area contributed by atoms with Crippen molar-refractivity contribution >= 4 is 0 Å². The van der Waals surface area contributed by atoms with Crippen molar-refractivity contribution in [1.82, 2.24) is 0 Å². The van der Waals surface area contributed by atoms with Crippen molar-refractivity contribution in [3.05, 3.63) is 0 Å². The molecular formula is C4H15N2O4V+2. The first kappa shape index (κ1) is 11.2. The fraction of sp³-hybridized carbons (Fsp3) is 1.00. The van der Waals surface area contributed by atoms with Gasteiger partial charge in [-0.2, -0.15) is 0 Å². The van der Waals surface area contributed by atoms with Gasteiger partial charge in [0.15, 0.2) is 0 Å². The van der Waals surface area contributed by atoms with Crippen LogP contribution in [0.25, 0.3) is 0 Å². The summed E-state index contributed by atoms with van der Waals surface area (Å²) in [5.74, 6) is 0. The average molecular weight is 206 g/mol. The Labute approximate surface area is 68.7 Å². The third kappa shape index (κ3) is 2.06. The van der Waals surface area contributed by atoms with Gasteiger partial charge in [0.05, 0.1) is 0 Å². The van der Waals surface area contributed by atoms with E-state index in [9.17, 15) is 7.71 Å². The van der Waals surface area contributed by atoms with Crippen molar-refractivity contribution in [1.29, 1.82) is 0 Å². The zero-order valence-corrected chi connectivity index (χ0v) is 8.49. The van der Waals surface area contributed by atoms with Crippen molar-refractivity contribution < 1.29 is 39.9 Å². The third-order valence-corrected chi connectivity index (χ3v) is 5.26. The molecular weight excluding hydrogens is 191 g/mol. The Morgan fingerprint density at radius 3 is 1.18 bits per heavy atom. The van der Waals surface area contributed by atoms with Crippen LogP contribution in [-0.4, -0.2) is 49.6 Å². The van der Waals surface area contributed by atoms with Gasteiger partial charge in [0.25, 0.3) is 0 Å². The molecule has 0 rings (SSSR count). The molecule has 0 amide bonds. The third-order valence-electron chi connectivity index (χ3n) is 1.28. The van der Waals surface area contributed by atoms with E-state index in [1.54, 1.807) is 0 Å². The van der Waals surface area contributed by atoms with E-state index in [2.05, 4.69) is 0 Å². The van der Waals surface area contributed by atoms with E-state index in [1.165, 1.54) is 0 Å². The number of hydrogen-bond donors (Lipinski definition) is 3. The number of hydrogen-bond acceptors (Lipinski definition) is 3. The van der Waals surface area contributed by atoms with Crippen LogP contribution in [-0.2, 0) is 18.5 Å². The summed E-state index contributed by atoms with van der Waals surface area (Å²) in [6.45, 7) is 0. The van der Waals surface area contributed by atoms with Crippen LogP contribution >= 0.6 is 0 Å². The van der Waals surface area contributed by atoms with Gasteiger partial charge in [-0.05, 0) is 0 Å². The molecule has 7 heteroatoms. The molecule has 68 valence electrons. The van der Waals surface area contributed by atoms with Crippen molar-refractivity contribution in [3.63, 3.8) is 0 Å². The molecule has 0 aliphatic carbocycles. The van der Waals surface area contributed by atoms with Gasteiger partial charge in [0.1, 0.15) is 0 Å². The molecule has 3 N–H and O–H groups in total. The molecule has 0 bridgehead atoms. The molecule has 0 aromatic carbocycles. The summed E-state index contributed by atoms with van der Waals surface area (Å²) in [4.78, 5) is 0. The first-order chi connectivity index (χ1) is 4.50.